The number of halogens is 1. The topological polar surface area (TPSA) is 40.5 Å². The zero-order valence-electron chi connectivity index (χ0n) is 12.1. The van der Waals surface area contributed by atoms with E-state index >= 15 is 0 Å². The molecule has 1 N–H and O–H groups in total. The fraction of sp³-hybridized carbons (Fsp3) is 0.562. The molecule has 2 rings (SSSR count). The van der Waals surface area contributed by atoms with Crippen molar-refractivity contribution in [1.29, 1.82) is 0 Å². The average Bonchev–Trinajstić information content (AvgIpc) is 2.25. The van der Waals surface area contributed by atoms with Gasteiger partial charge < -0.3 is 10.0 Å². The Morgan fingerprint density at radius 1 is 1.45 bits per heavy atom. The second kappa shape index (κ2) is 6.35. The fourth-order valence-corrected chi connectivity index (χ4v) is 2.59. The van der Waals surface area contributed by atoms with Crippen LogP contribution in [0.4, 0.5) is 4.39 Å². The monoisotopic (exact) mass is 279 g/mol. The Bertz CT molecular complexity index is 469. The van der Waals surface area contributed by atoms with Crippen molar-refractivity contribution in [2.45, 2.75) is 32.8 Å². The van der Waals surface area contributed by atoms with Crippen molar-refractivity contribution in [3.05, 3.63) is 35.6 Å². The van der Waals surface area contributed by atoms with E-state index in [-0.39, 0.29) is 29.7 Å². The Hall–Kier alpha value is -1.42. The van der Waals surface area contributed by atoms with E-state index in [4.69, 9.17) is 0 Å². The molecule has 2 atom stereocenters. The molecule has 0 aliphatic carbocycles. The summed E-state index contributed by atoms with van der Waals surface area (Å²) in [7, 11) is 0. The molecule has 1 aliphatic rings. The van der Waals surface area contributed by atoms with Crippen molar-refractivity contribution in [1.82, 2.24) is 4.90 Å². The van der Waals surface area contributed by atoms with E-state index in [1.54, 1.807) is 17.9 Å². The summed E-state index contributed by atoms with van der Waals surface area (Å²) in [5.74, 6) is 0.307. The van der Waals surface area contributed by atoms with Gasteiger partial charge in [0.15, 0.2) is 0 Å². The minimum absolute atomic E-state index is 0.130. The number of hydrogen-bond acceptors (Lipinski definition) is 2. The number of rotatable bonds is 5. The first-order chi connectivity index (χ1) is 9.45. The molecule has 20 heavy (non-hydrogen) atoms. The van der Waals surface area contributed by atoms with Crippen LogP contribution in [0, 0.1) is 17.7 Å². The van der Waals surface area contributed by atoms with Gasteiger partial charge in [0.25, 0.3) is 0 Å². The van der Waals surface area contributed by atoms with E-state index in [2.05, 4.69) is 0 Å². The van der Waals surface area contributed by atoms with Gasteiger partial charge in [-0.1, -0.05) is 19.1 Å². The third kappa shape index (κ3) is 3.79. The van der Waals surface area contributed by atoms with Crippen molar-refractivity contribution in [2.24, 2.45) is 11.8 Å². The van der Waals surface area contributed by atoms with Gasteiger partial charge >= 0.3 is 0 Å². The molecule has 110 valence electrons. The maximum absolute atomic E-state index is 13.1. The first-order valence-corrected chi connectivity index (χ1v) is 7.16. The molecule has 4 heteroatoms. The van der Waals surface area contributed by atoms with Crippen LogP contribution in [0.1, 0.15) is 25.8 Å². The van der Waals surface area contributed by atoms with Gasteiger partial charge in [0.05, 0.1) is 6.10 Å². The Morgan fingerprint density at radius 3 is 2.75 bits per heavy atom. The van der Waals surface area contributed by atoms with Gasteiger partial charge in [-0.15, -0.1) is 0 Å². The molecule has 1 aromatic rings. The van der Waals surface area contributed by atoms with Gasteiger partial charge in [0.1, 0.15) is 5.82 Å². The number of carbonyl (C=O) groups excluding carboxylic acids is 1. The number of likely N-dealkylation sites (tertiary alicyclic amines) is 1. The molecule has 0 radical (unpaired) electrons. The van der Waals surface area contributed by atoms with Crippen molar-refractivity contribution < 1.29 is 14.3 Å². The first kappa shape index (κ1) is 15.0. The minimum atomic E-state index is -0.344. The number of aliphatic hydroxyl groups is 1. The maximum atomic E-state index is 13.1. The van der Waals surface area contributed by atoms with E-state index < -0.39 is 0 Å². The molecule has 1 heterocycles. The summed E-state index contributed by atoms with van der Waals surface area (Å²) in [5, 5.41) is 9.40. The van der Waals surface area contributed by atoms with Crippen LogP contribution >= 0.6 is 0 Å². The number of benzene rings is 1. The van der Waals surface area contributed by atoms with Gasteiger partial charge in [0.2, 0.25) is 5.91 Å². The summed E-state index contributed by atoms with van der Waals surface area (Å²) in [6, 6.07) is 6.53. The molecule has 1 aliphatic heterocycles. The predicted molar refractivity (Wildman–Crippen MR) is 75.6 cm³/mol. The number of aliphatic hydroxyl groups excluding tert-OH is 1. The van der Waals surface area contributed by atoms with Crippen LogP contribution in [-0.4, -0.2) is 35.1 Å². The number of hydrogen-bond donors (Lipinski definition) is 1. The Morgan fingerprint density at radius 2 is 2.15 bits per heavy atom. The van der Waals surface area contributed by atoms with Gasteiger partial charge in [0, 0.05) is 25.4 Å². The summed E-state index contributed by atoms with van der Waals surface area (Å²) < 4.78 is 13.1. The third-order valence-corrected chi connectivity index (χ3v) is 3.94. The molecule has 0 bridgehead atoms. The number of carbonyl (C=O) groups is 1. The van der Waals surface area contributed by atoms with Crippen molar-refractivity contribution in [3.8, 4) is 0 Å². The van der Waals surface area contributed by atoms with Crippen molar-refractivity contribution in [2.75, 3.05) is 13.1 Å². The molecule has 0 saturated carbocycles. The van der Waals surface area contributed by atoms with Crippen molar-refractivity contribution in [3.63, 3.8) is 0 Å². The van der Waals surface area contributed by atoms with Crippen LogP contribution in [0.15, 0.2) is 24.3 Å². The third-order valence-electron chi connectivity index (χ3n) is 3.94. The lowest BCUT2D eigenvalue weighted by molar-refractivity contribution is -0.141. The predicted octanol–water partition coefficient (Wildman–Crippen LogP) is 2.23. The van der Waals surface area contributed by atoms with Crippen LogP contribution < -0.4 is 0 Å². The first-order valence-electron chi connectivity index (χ1n) is 7.16. The lowest BCUT2D eigenvalue weighted by Crippen LogP contribution is -2.53. The molecule has 3 nitrogen and oxygen atoms in total. The highest BCUT2D eigenvalue weighted by Gasteiger charge is 2.33. The summed E-state index contributed by atoms with van der Waals surface area (Å²) in [5.41, 5.74) is 0.927. The Kier molecular flexibility index (Phi) is 4.76. The van der Waals surface area contributed by atoms with E-state index in [0.29, 0.717) is 25.9 Å². The standard InChI is InChI=1S/C16H22FNO2/c1-11(6-13-4-3-5-15(17)8-13)7-16(20)18-9-14(10-18)12(2)19/h3-5,8,11-12,14,19H,6-7,9-10H2,1-2H3. The lowest BCUT2D eigenvalue weighted by atomic mass is 9.92. The highest BCUT2D eigenvalue weighted by Crippen LogP contribution is 2.22. The van der Waals surface area contributed by atoms with E-state index in [9.17, 15) is 14.3 Å². The van der Waals surface area contributed by atoms with Gasteiger partial charge in [-0.25, -0.2) is 4.39 Å². The number of nitrogens with zero attached hydrogens (tertiary/aromatic N) is 1. The minimum Gasteiger partial charge on any atom is -0.393 e. The molecule has 0 spiro atoms. The second-order valence-electron chi connectivity index (χ2n) is 5.94. The normalized spacial score (nSPS) is 18.5. The molecule has 0 aromatic heterocycles. The summed E-state index contributed by atoms with van der Waals surface area (Å²) in [6.07, 6.45) is 0.837. The molecule has 1 amide bonds. The van der Waals surface area contributed by atoms with E-state index in [0.717, 1.165) is 5.56 Å². The lowest BCUT2D eigenvalue weighted by Gasteiger charge is -2.41. The van der Waals surface area contributed by atoms with Crippen molar-refractivity contribution >= 4 is 5.91 Å². The van der Waals surface area contributed by atoms with Gasteiger partial charge in [-0.2, -0.15) is 0 Å². The molecule has 1 aromatic carbocycles. The molecular formula is C16H22FNO2. The second-order valence-corrected chi connectivity index (χ2v) is 5.94. The largest absolute Gasteiger partial charge is 0.393 e. The van der Waals surface area contributed by atoms with Crippen LogP contribution in [0.5, 0.6) is 0 Å². The fourth-order valence-electron chi connectivity index (χ4n) is 2.59. The zero-order valence-corrected chi connectivity index (χ0v) is 12.1. The average molecular weight is 279 g/mol. The smallest absolute Gasteiger partial charge is 0.222 e. The van der Waals surface area contributed by atoms with E-state index in [1.807, 2.05) is 13.0 Å². The maximum Gasteiger partial charge on any atom is 0.222 e. The number of amides is 1. The molecular weight excluding hydrogens is 257 g/mol. The van der Waals surface area contributed by atoms with Gasteiger partial charge in [-0.3, -0.25) is 4.79 Å². The SMILES string of the molecule is CC(CC(=O)N1CC(C(C)O)C1)Cc1cccc(F)c1. The summed E-state index contributed by atoms with van der Waals surface area (Å²) in [4.78, 5) is 13.8. The van der Waals surface area contributed by atoms with Crippen LogP contribution in [-0.2, 0) is 11.2 Å². The summed E-state index contributed by atoms with van der Waals surface area (Å²) in [6.45, 7) is 5.08. The Labute approximate surface area is 119 Å². The van der Waals surface area contributed by atoms with Crippen LogP contribution in [0.2, 0.25) is 0 Å². The van der Waals surface area contributed by atoms with Crippen LogP contribution in [0.3, 0.4) is 0 Å². The zero-order chi connectivity index (χ0) is 14.7. The quantitative estimate of drug-likeness (QED) is 0.898. The highest BCUT2D eigenvalue weighted by atomic mass is 19.1. The molecule has 1 fully saturated rings. The highest BCUT2D eigenvalue weighted by molar-refractivity contribution is 5.77. The summed E-state index contributed by atoms with van der Waals surface area (Å²) >= 11 is 0. The molecule has 1 saturated heterocycles. The van der Waals surface area contributed by atoms with Crippen LogP contribution in [0.25, 0.3) is 0 Å². The van der Waals surface area contributed by atoms with E-state index in [1.165, 1.54) is 12.1 Å². The molecule has 2 unspecified atom stereocenters. The van der Waals surface area contributed by atoms with Gasteiger partial charge in [-0.05, 0) is 37.0 Å². The Balaban J connectivity index is 1.77.